The van der Waals surface area contributed by atoms with E-state index in [9.17, 15) is 0 Å². The monoisotopic (exact) mass is 313 g/mol. The van der Waals surface area contributed by atoms with Gasteiger partial charge in [-0.25, -0.2) is 4.68 Å². The first-order valence-electron chi connectivity index (χ1n) is 6.02. The van der Waals surface area contributed by atoms with Crippen LogP contribution in [0.4, 0.5) is 0 Å². The van der Waals surface area contributed by atoms with Crippen molar-refractivity contribution in [1.82, 2.24) is 15.0 Å². The zero-order valence-electron chi connectivity index (χ0n) is 10.2. The van der Waals surface area contributed by atoms with Gasteiger partial charge in [-0.2, -0.15) is 0 Å². The van der Waals surface area contributed by atoms with Gasteiger partial charge in [0.2, 0.25) is 0 Å². The number of benzene rings is 2. The molecule has 3 aromatic rings. The van der Waals surface area contributed by atoms with Crippen LogP contribution in [0.15, 0.2) is 65.3 Å². The number of aromatic nitrogens is 3. The predicted molar refractivity (Wildman–Crippen MR) is 78.7 cm³/mol. The second-order valence-corrected chi connectivity index (χ2v) is 5.09. The fraction of sp³-hybridized carbons (Fsp3) is 0.0667. The number of nitrogens with zero attached hydrogens (tertiary/aromatic N) is 3. The van der Waals surface area contributed by atoms with E-state index in [0.29, 0.717) is 6.54 Å². The molecule has 19 heavy (non-hydrogen) atoms. The van der Waals surface area contributed by atoms with Gasteiger partial charge >= 0.3 is 0 Å². The lowest BCUT2D eigenvalue weighted by molar-refractivity contribution is 0.654. The molecule has 0 amide bonds. The lowest BCUT2D eigenvalue weighted by atomic mass is 10.1. The Bertz CT molecular complexity index is 677. The molecule has 0 saturated heterocycles. The van der Waals surface area contributed by atoms with Crippen LogP contribution in [0.25, 0.3) is 11.3 Å². The van der Waals surface area contributed by atoms with Gasteiger partial charge in [-0.05, 0) is 11.6 Å². The minimum absolute atomic E-state index is 0.700. The van der Waals surface area contributed by atoms with Crippen LogP contribution in [-0.4, -0.2) is 15.0 Å². The summed E-state index contributed by atoms with van der Waals surface area (Å²) in [6, 6.07) is 18.3. The lowest BCUT2D eigenvalue weighted by Gasteiger charge is -2.07. The van der Waals surface area contributed by atoms with Crippen molar-refractivity contribution in [1.29, 1.82) is 0 Å². The molecule has 0 N–H and O–H groups in total. The summed E-state index contributed by atoms with van der Waals surface area (Å²) in [5.74, 6) is 0. The number of rotatable bonds is 3. The second-order valence-electron chi connectivity index (χ2n) is 4.23. The molecule has 0 saturated carbocycles. The van der Waals surface area contributed by atoms with Gasteiger partial charge in [0, 0.05) is 10.0 Å². The molecule has 3 rings (SSSR count). The fourth-order valence-electron chi connectivity index (χ4n) is 1.99. The highest BCUT2D eigenvalue weighted by molar-refractivity contribution is 9.10. The maximum atomic E-state index is 4.17. The van der Waals surface area contributed by atoms with Crippen molar-refractivity contribution in [2.75, 3.05) is 0 Å². The molecule has 0 spiro atoms. The third-order valence-corrected chi connectivity index (χ3v) is 3.74. The largest absolute Gasteiger partial charge is 0.240 e. The maximum Gasteiger partial charge on any atom is 0.0889 e. The first kappa shape index (κ1) is 12.1. The van der Waals surface area contributed by atoms with Gasteiger partial charge in [-0.15, -0.1) is 5.10 Å². The van der Waals surface area contributed by atoms with Crippen LogP contribution in [-0.2, 0) is 6.54 Å². The molecule has 0 aliphatic carbocycles. The number of halogens is 1. The minimum atomic E-state index is 0.700. The Hall–Kier alpha value is -1.94. The molecule has 0 unspecified atom stereocenters. The number of hydrogen-bond acceptors (Lipinski definition) is 2. The topological polar surface area (TPSA) is 30.7 Å². The molecule has 1 heterocycles. The molecule has 0 aliphatic rings. The Labute approximate surface area is 120 Å². The van der Waals surface area contributed by atoms with Crippen molar-refractivity contribution >= 4 is 15.9 Å². The third-order valence-electron chi connectivity index (χ3n) is 2.97. The zero-order valence-corrected chi connectivity index (χ0v) is 11.8. The molecule has 2 aromatic carbocycles. The maximum absolute atomic E-state index is 4.17. The molecular formula is C15H12BrN3. The van der Waals surface area contributed by atoms with Crippen LogP contribution < -0.4 is 0 Å². The van der Waals surface area contributed by atoms with Crippen LogP contribution in [0.2, 0.25) is 0 Å². The molecule has 0 bridgehead atoms. The molecule has 0 fully saturated rings. The molecule has 1 aromatic heterocycles. The Morgan fingerprint density at radius 2 is 1.68 bits per heavy atom. The third kappa shape index (κ3) is 2.58. The predicted octanol–water partition coefficient (Wildman–Crippen LogP) is 3.76. The summed E-state index contributed by atoms with van der Waals surface area (Å²) in [4.78, 5) is 0. The SMILES string of the molecule is Brc1ccccc1Cn1nncc1-c1ccccc1. The first-order chi connectivity index (χ1) is 9.34. The summed E-state index contributed by atoms with van der Waals surface area (Å²) in [6.45, 7) is 0.700. The van der Waals surface area contributed by atoms with Gasteiger partial charge in [-0.1, -0.05) is 69.7 Å². The van der Waals surface area contributed by atoms with Crippen LogP contribution >= 0.6 is 15.9 Å². The van der Waals surface area contributed by atoms with Gasteiger partial charge in [0.05, 0.1) is 18.4 Å². The molecule has 0 atom stereocenters. The van der Waals surface area contributed by atoms with Crippen LogP contribution in [0.1, 0.15) is 5.56 Å². The van der Waals surface area contributed by atoms with Gasteiger partial charge in [-0.3, -0.25) is 0 Å². The Balaban J connectivity index is 1.96. The molecule has 4 heteroatoms. The van der Waals surface area contributed by atoms with Gasteiger partial charge in [0.1, 0.15) is 0 Å². The van der Waals surface area contributed by atoms with Crippen LogP contribution in [0, 0.1) is 0 Å². The average Bonchev–Trinajstić information content (AvgIpc) is 2.91. The van der Waals surface area contributed by atoms with Crippen molar-refractivity contribution < 1.29 is 0 Å². The van der Waals surface area contributed by atoms with Crippen molar-refractivity contribution in [2.24, 2.45) is 0 Å². The summed E-state index contributed by atoms with van der Waals surface area (Å²) in [5.41, 5.74) is 3.33. The second kappa shape index (κ2) is 5.36. The van der Waals surface area contributed by atoms with E-state index in [2.05, 4.69) is 44.4 Å². The average molecular weight is 314 g/mol. The van der Waals surface area contributed by atoms with E-state index in [0.717, 1.165) is 15.7 Å². The lowest BCUT2D eigenvalue weighted by Crippen LogP contribution is -2.04. The number of hydrogen-bond donors (Lipinski definition) is 0. The summed E-state index contributed by atoms with van der Waals surface area (Å²) in [6.07, 6.45) is 1.80. The summed E-state index contributed by atoms with van der Waals surface area (Å²) < 4.78 is 3.00. The Morgan fingerprint density at radius 1 is 0.947 bits per heavy atom. The molecule has 0 radical (unpaired) electrons. The highest BCUT2D eigenvalue weighted by atomic mass is 79.9. The normalized spacial score (nSPS) is 10.6. The van der Waals surface area contributed by atoms with Crippen LogP contribution in [0.5, 0.6) is 0 Å². The van der Waals surface area contributed by atoms with E-state index in [4.69, 9.17) is 0 Å². The van der Waals surface area contributed by atoms with Crippen molar-refractivity contribution in [3.8, 4) is 11.3 Å². The Morgan fingerprint density at radius 3 is 2.47 bits per heavy atom. The van der Waals surface area contributed by atoms with Crippen molar-refractivity contribution in [3.05, 3.63) is 70.8 Å². The quantitative estimate of drug-likeness (QED) is 0.737. The van der Waals surface area contributed by atoms with Crippen LogP contribution in [0.3, 0.4) is 0 Å². The fourth-order valence-corrected chi connectivity index (χ4v) is 2.41. The van der Waals surface area contributed by atoms with Crippen molar-refractivity contribution in [3.63, 3.8) is 0 Å². The Kier molecular flexibility index (Phi) is 3.42. The first-order valence-corrected chi connectivity index (χ1v) is 6.81. The molecular weight excluding hydrogens is 302 g/mol. The molecule has 0 aliphatic heterocycles. The smallest absolute Gasteiger partial charge is 0.0889 e. The summed E-state index contributed by atoms with van der Waals surface area (Å²) in [5, 5.41) is 8.20. The van der Waals surface area contributed by atoms with E-state index in [-0.39, 0.29) is 0 Å². The minimum Gasteiger partial charge on any atom is -0.240 e. The zero-order chi connectivity index (χ0) is 13.1. The molecule has 3 nitrogen and oxygen atoms in total. The summed E-state index contributed by atoms with van der Waals surface area (Å²) >= 11 is 3.56. The van der Waals surface area contributed by atoms with E-state index >= 15 is 0 Å². The standard InChI is InChI=1S/C15H12BrN3/c16-14-9-5-4-8-13(14)11-19-15(10-17-18-19)12-6-2-1-3-7-12/h1-10H,11H2. The van der Waals surface area contributed by atoms with Crippen molar-refractivity contribution in [2.45, 2.75) is 6.54 Å². The van der Waals surface area contributed by atoms with E-state index in [1.807, 2.05) is 41.1 Å². The highest BCUT2D eigenvalue weighted by Crippen LogP contribution is 2.21. The van der Waals surface area contributed by atoms with E-state index in [1.54, 1.807) is 6.20 Å². The van der Waals surface area contributed by atoms with Gasteiger partial charge in [0.25, 0.3) is 0 Å². The van der Waals surface area contributed by atoms with Gasteiger partial charge in [0.15, 0.2) is 0 Å². The summed E-state index contributed by atoms with van der Waals surface area (Å²) in [7, 11) is 0. The van der Waals surface area contributed by atoms with E-state index in [1.165, 1.54) is 5.56 Å². The molecule has 94 valence electrons. The van der Waals surface area contributed by atoms with E-state index < -0.39 is 0 Å². The highest BCUT2D eigenvalue weighted by Gasteiger charge is 2.08. The van der Waals surface area contributed by atoms with Gasteiger partial charge < -0.3 is 0 Å².